The van der Waals surface area contributed by atoms with Crippen LogP contribution in [0.1, 0.15) is 33.6 Å². The number of rotatable bonds is 4. The molecule has 0 saturated carbocycles. The van der Waals surface area contributed by atoms with Crippen LogP contribution in [0.4, 0.5) is 0 Å². The Labute approximate surface area is 158 Å². The fraction of sp³-hybridized carbons (Fsp3) is 0.318. The zero-order chi connectivity index (χ0) is 19.0. The highest BCUT2D eigenvalue weighted by Crippen LogP contribution is 2.31. The van der Waals surface area contributed by atoms with Gasteiger partial charge in [-0.3, -0.25) is 4.79 Å². The number of ether oxygens (including phenoxy) is 2. The van der Waals surface area contributed by atoms with Crippen LogP contribution < -0.4 is 14.8 Å². The molecule has 1 aliphatic carbocycles. The van der Waals surface area contributed by atoms with Gasteiger partial charge in [-0.1, -0.05) is 11.6 Å². The van der Waals surface area contributed by atoms with Crippen molar-refractivity contribution in [3.05, 3.63) is 58.8 Å². The first kappa shape index (κ1) is 17.5. The zero-order valence-electron chi connectivity index (χ0n) is 15.9. The Morgan fingerprint density at radius 2 is 1.93 bits per heavy atom. The van der Waals surface area contributed by atoms with Crippen molar-refractivity contribution in [2.45, 2.75) is 32.2 Å². The molecule has 5 nitrogen and oxygen atoms in total. The van der Waals surface area contributed by atoms with Gasteiger partial charge in [0.15, 0.2) is 11.5 Å². The van der Waals surface area contributed by atoms with Crippen LogP contribution in [0.3, 0.4) is 0 Å². The maximum atomic E-state index is 12.7. The number of hydrogen-bond donors (Lipinski definition) is 2. The van der Waals surface area contributed by atoms with E-state index < -0.39 is 0 Å². The number of carbonyl (C=O) groups excluding carboxylic acids is 1. The average Bonchev–Trinajstić information content (AvgIpc) is 3.04. The smallest absolute Gasteiger partial charge is 0.251 e. The van der Waals surface area contributed by atoms with E-state index in [4.69, 9.17) is 9.47 Å². The van der Waals surface area contributed by atoms with Crippen LogP contribution in [-0.2, 0) is 12.8 Å². The minimum Gasteiger partial charge on any atom is -0.493 e. The summed E-state index contributed by atoms with van der Waals surface area (Å²) >= 11 is 0. The maximum Gasteiger partial charge on any atom is 0.251 e. The Hall–Kier alpha value is -2.95. The first-order valence-corrected chi connectivity index (χ1v) is 9.22. The van der Waals surface area contributed by atoms with Crippen molar-refractivity contribution in [3.63, 3.8) is 0 Å². The largest absolute Gasteiger partial charge is 0.493 e. The van der Waals surface area contributed by atoms with Gasteiger partial charge in [-0.15, -0.1) is 0 Å². The summed E-state index contributed by atoms with van der Waals surface area (Å²) in [6.07, 6.45) is 2.72. The molecule has 0 spiro atoms. The SMILES string of the molecule is COc1ccc(C(=O)NC2CCc3[nH]c4ccc(C)cc4c3C2)cc1OC. The summed E-state index contributed by atoms with van der Waals surface area (Å²) in [4.78, 5) is 16.3. The van der Waals surface area contributed by atoms with Crippen molar-refractivity contribution in [1.29, 1.82) is 0 Å². The number of carbonyl (C=O) groups is 1. The number of methoxy groups -OCH3 is 2. The van der Waals surface area contributed by atoms with Gasteiger partial charge >= 0.3 is 0 Å². The van der Waals surface area contributed by atoms with E-state index in [0.717, 1.165) is 19.3 Å². The number of H-pyrrole nitrogens is 1. The quantitative estimate of drug-likeness (QED) is 0.740. The molecule has 1 amide bonds. The van der Waals surface area contributed by atoms with E-state index in [1.54, 1.807) is 32.4 Å². The van der Waals surface area contributed by atoms with Crippen molar-refractivity contribution in [2.24, 2.45) is 0 Å². The highest BCUT2D eigenvalue weighted by Gasteiger charge is 2.24. The number of benzene rings is 2. The number of fused-ring (bicyclic) bond motifs is 3. The first-order valence-electron chi connectivity index (χ1n) is 9.22. The summed E-state index contributed by atoms with van der Waals surface area (Å²) in [5.41, 5.74) is 5.64. The van der Waals surface area contributed by atoms with Crippen LogP contribution in [0.25, 0.3) is 10.9 Å². The second-order valence-electron chi connectivity index (χ2n) is 7.11. The molecule has 140 valence electrons. The molecule has 0 aliphatic heterocycles. The molecule has 27 heavy (non-hydrogen) atoms. The molecule has 1 heterocycles. The third kappa shape index (κ3) is 3.25. The lowest BCUT2D eigenvalue weighted by atomic mass is 9.91. The molecule has 4 rings (SSSR count). The van der Waals surface area contributed by atoms with E-state index >= 15 is 0 Å². The molecular weight excluding hydrogens is 340 g/mol. The van der Waals surface area contributed by atoms with Gasteiger partial charge in [0.05, 0.1) is 14.2 Å². The molecule has 0 bridgehead atoms. The molecule has 2 N–H and O–H groups in total. The van der Waals surface area contributed by atoms with Crippen LogP contribution in [0.2, 0.25) is 0 Å². The summed E-state index contributed by atoms with van der Waals surface area (Å²) in [5, 5.41) is 4.46. The fourth-order valence-electron chi connectivity index (χ4n) is 3.90. The first-order chi connectivity index (χ1) is 13.1. The van der Waals surface area contributed by atoms with Crippen LogP contribution in [0, 0.1) is 6.92 Å². The van der Waals surface area contributed by atoms with Gasteiger partial charge in [-0.05, 0) is 62.1 Å². The Bertz CT molecular complexity index is 1010. The second-order valence-corrected chi connectivity index (χ2v) is 7.11. The van der Waals surface area contributed by atoms with E-state index in [9.17, 15) is 4.79 Å². The highest BCUT2D eigenvalue weighted by molar-refractivity contribution is 5.95. The summed E-state index contributed by atoms with van der Waals surface area (Å²) < 4.78 is 10.5. The summed E-state index contributed by atoms with van der Waals surface area (Å²) in [6.45, 7) is 2.11. The maximum absolute atomic E-state index is 12.7. The molecule has 1 aliphatic rings. The minimum atomic E-state index is -0.0829. The van der Waals surface area contributed by atoms with Crippen LogP contribution in [-0.4, -0.2) is 31.2 Å². The summed E-state index contributed by atoms with van der Waals surface area (Å²) in [6, 6.07) is 11.9. The molecule has 0 saturated heterocycles. The number of aromatic nitrogens is 1. The number of aryl methyl sites for hydroxylation is 2. The van der Waals surface area contributed by atoms with E-state index in [-0.39, 0.29) is 11.9 Å². The molecule has 5 heteroatoms. The lowest BCUT2D eigenvalue weighted by Crippen LogP contribution is -2.38. The van der Waals surface area contributed by atoms with E-state index in [2.05, 4.69) is 35.4 Å². The van der Waals surface area contributed by atoms with Gasteiger partial charge < -0.3 is 19.8 Å². The Morgan fingerprint density at radius 3 is 2.70 bits per heavy atom. The lowest BCUT2D eigenvalue weighted by molar-refractivity contribution is 0.0933. The van der Waals surface area contributed by atoms with Gasteiger partial charge in [0, 0.05) is 28.2 Å². The third-order valence-corrected chi connectivity index (χ3v) is 5.32. The Morgan fingerprint density at radius 1 is 1.11 bits per heavy atom. The van der Waals surface area contributed by atoms with Gasteiger partial charge in [0.25, 0.3) is 5.91 Å². The number of hydrogen-bond acceptors (Lipinski definition) is 3. The van der Waals surface area contributed by atoms with Crippen LogP contribution in [0.5, 0.6) is 11.5 Å². The van der Waals surface area contributed by atoms with Gasteiger partial charge in [0.1, 0.15) is 0 Å². The average molecular weight is 364 g/mol. The molecule has 1 aromatic heterocycles. The molecule has 1 atom stereocenters. The fourth-order valence-corrected chi connectivity index (χ4v) is 3.90. The summed E-state index contributed by atoms with van der Waals surface area (Å²) in [7, 11) is 3.15. The molecule has 1 unspecified atom stereocenters. The zero-order valence-corrected chi connectivity index (χ0v) is 15.9. The monoisotopic (exact) mass is 364 g/mol. The molecular formula is C22H24N2O3. The molecule has 0 radical (unpaired) electrons. The summed E-state index contributed by atoms with van der Waals surface area (Å²) in [5.74, 6) is 1.09. The van der Waals surface area contributed by atoms with Crippen molar-refractivity contribution >= 4 is 16.8 Å². The molecule has 0 fully saturated rings. The topological polar surface area (TPSA) is 63.3 Å². The number of nitrogens with one attached hydrogen (secondary N) is 2. The predicted octanol–water partition coefficient (Wildman–Crippen LogP) is 3.78. The van der Waals surface area contributed by atoms with Gasteiger partial charge in [-0.25, -0.2) is 0 Å². The van der Waals surface area contributed by atoms with Crippen molar-refractivity contribution < 1.29 is 14.3 Å². The number of aromatic amines is 1. The van der Waals surface area contributed by atoms with Crippen LogP contribution in [0.15, 0.2) is 36.4 Å². The molecule has 3 aromatic rings. The third-order valence-electron chi connectivity index (χ3n) is 5.32. The minimum absolute atomic E-state index is 0.0829. The Kier molecular flexibility index (Phi) is 4.52. The predicted molar refractivity (Wildman–Crippen MR) is 106 cm³/mol. The van der Waals surface area contributed by atoms with E-state index in [0.29, 0.717) is 17.1 Å². The highest BCUT2D eigenvalue weighted by atomic mass is 16.5. The van der Waals surface area contributed by atoms with Gasteiger partial charge in [-0.2, -0.15) is 0 Å². The van der Waals surface area contributed by atoms with E-state index in [1.807, 2.05) is 0 Å². The standard InChI is InChI=1S/C22H24N2O3/c1-13-4-7-18-16(10-13)17-12-15(6-8-19(17)24-18)23-22(25)14-5-9-20(26-2)21(11-14)27-3/h4-5,7,9-11,15,24H,6,8,12H2,1-3H3,(H,23,25). The molecule has 2 aromatic carbocycles. The normalized spacial score (nSPS) is 16.0. The van der Waals surface area contributed by atoms with E-state index in [1.165, 1.54) is 27.7 Å². The van der Waals surface area contributed by atoms with Crippen molar-refractivity contribution in [3.8, 4) is 11.5 Å². The van der Waals surface area contributed by atoms with Crippen LogP contribution >= 0.6 is 0 Å². The van der Waals surface area contributed by atoms with Crippen molar-refractivity contribution in [2.75, 3.05) is 14.2 Å². The Balaban J connectivity index is 1.54. The van der Waals surface area contributed by atoms with Gasteiger partial charge in [0.2, 0.25) is 0 Å². The number of amides is 1. The van der Waals surface area contributed by atoms with Crippen molar-refractivity contribution in [1.82, 2.24) is 10.3 Å². The lowest BCUT2D eigenvalue weighted by Gasteiger charge is -2.24. The second kappa shape index (κ2) is 6.99.